The van der Waals surface area contributed by atoms with Crippen LogP contribution in [0.4, 0.5) is 19.0 Å². The normalized spacial score (nSPS) is 12.4. The van der Waals surface area contributed by atoms with Crippen LogP contribution in [-0.2, 0) is 15.7 Å². The molecule has 0 amide bonds. The maximum atomic E-state index is 13.1. The fraction of sp³-hybridized carbons (Fsp3) is 0.368. The van der Waals surface area contributed by atoms with Crippen LogP contribution in [0.25, 0.3) is 11.1 Å². The van der Waals surface area contributed by atoms with Crippen LogP contribution in [0.5, 0.6) is 5.75 Å². The van der Waals surface area contributed by atoms with Gasteiger partial charge in [-0.3, -0.25) is 0 Å². The highest BCUT2D eigenvalue weighted by Crippen LogP contribution is 2.36. The number of pyridine rings is 1. The molecule has 0 radical (unpaired) electrons. The van der Waals surface area contributed by atoms with E-state index in [9.17, 15) is 18.0 Å². The number of carbonyl (C=O) groups excluding carboxylic acids is 1. The van der Waals surface area contributed by atoms with Crippen LogP contribution >= 0.6 is 0 Å². The van der Waals surface area contributed by atoms with Crippen molar-refractivity contribution in [3.8, 4) is 16.9 Å². The molecule has 146 valence electrons. The maximum absolute atomic E-state index is 13.1. The number of carbonyl (C=O) groups is 1. The van der Waals surface area contributed by atoms with Gasteiger partial charge in [-0.1, -0.05) is 12.1 Å². The van der Waals surface area contributed by atoms with Crippen LogP contribution in [0.15, 0.2) is 36.5 Å². The van der Waals surface area contributed by atoms with Gasteiger partial charge in [0.2, 0.25) is 0 Å². The molecule has 0 unspecified atom stereocenters. The lowest BCUT2D eigenvalue weighted by Crippen LogP contribution is -2.26. The Bertz CT molecular complexity index is 807. The number of rotatable bonds is 6. The van der Waals surface area contributed by atoms with Crippen molar-refractivity contribution >= 4 is 11.8 Å². The summed E-state index contributed by atoms with van der Waals surface area (Å²) in [4.78, 5) is 17.3. The van der Waals surface area contributed by atoms with E-state index in [4.69, 9.17) is 9.47 Å². The van der Waals surface area contributed by atoms with E-state index in [0.717, 1.165) is 12.3 Å². The van der Waals surface area contributed by atoms with Crippen molar-refractivity contribution in [2.75, 3.05) is 25.6 Å². The van der Waals surface area contributed by atoms with Gasteiger partial charge in [0, 0.05) is 25.9 Å². The summed E-state index contributed by atoms with van der Waals surface area (Å²) in [6.45, 7) is 3.46. The van der Waals surface area contributed by atoms with Crippen molar-refractivity contribution < 1.29 is 27.4 Å². The molecule has 0 aliphatic heterocycles. The average molecular weight is 382 g/mol. The van der Waals surface area contributed by atoms with Crippen LogP contribution in [-0.4, -0.2) is 37.8 Å². The summed E-state index contributed by atoms with van der Waals surface area (Å²) >= 11 is 0. The molecule has 0 bridgehead atoms. The molecule has 0 fully saturated rings. The Morgan fingerprint density at radius 3 is 2.56 bits per heavy atom. The monoisotopic (exact) mass is 382 g/mol. The molecule has 0 aliphatic carbocycles. The van der Waals surface area contributed by atoms with Gasteiger partial charge in [0.1, 0.15) is 11.6 Å². The van der Waals surface area contributed by atoms with E-state index in [0.29, 0.717) is 22.7 Å². The van der Waals surface area contributed by atoms with Crippen molar-refractivity contribution in [3.05, 3.63) is 42.1 Å². The number of nitrogens with zero attached hydrogens (tertiary/aromatic N) is 2. The van der Waals surface area contributed by atoms with Crippen molar-refractivity contribution in [1.82, 2.24) is 4.98 Å². The molecule has 5 nitrogen and oxygen atoms in total. The first-order valence-corrected chi connectivity index (χ1v) is 8.31. The number of halogens is 3. The lowest BCUT2D eigenvalue weighted by Gasteiger charge is -2.19. The first kappa shape index (κ1) is 20.5. The molecule has 0 saturated heterocycles. The average Bonchev–Trinajstić information content (AvgIpc) is 2.60. The Morgan fingerprint density at radius 2 is 1.96 bits per heavy atom. The van der Waals surface area contributed by atoms with Crippen molar-refractivity contribution in [1.29, 1.82) is 0 Å². The smallest absolute Gasteiger partial charge is 0.417 e. The Kier molecular flexibility index (Phi) is 6.30. The molecular formula is C19H21F3N2O3. The van der Waals surface area contributed by atoms with Crippen LogP contribution in [0.3, 0.4) is 0 Å². The summed E-state index contributed by atoms with van der Waals surface area (Å²) in [5, 5.41) is 0. The third-order valence-corrected chi connectivity index (χ3v) is 3.69. The number of hydrogen-bond donors (Lipinski definition) is 0. The third-order valence-electron chi connectivity index (χ3n) is 3.69. The lowest BCUT2D eigenvalue weighted by atomic mass is 10.0. The van der Waals surface area contributed by atoms with Gasteiger partial charge in [0.15, 0.2) is 6.10 Å². The zero-order valence-electron chi connectivity index (χ0n) is 15.5. The van der Waals surface area contributed by atoms with Gasteiger partial charge in [-0.25, -0.2) is 9.78 Å². The summed E-state index contributed by atoms with van der Waals surface area (Å²) < 4.78 is 49.7. The maximum Gasteiger partial charge on any atom is 0.417 e. The van der Waals surface area contributed by atoms with E-state index in [1.165, 1.54) is 0 Å². The zero-order valence-corrected chi connectivity index (χ0v) is 15.5. The predicted molar refractivity (Wildman–Crippen MR) is 95.7 cm³/mol. The van der Waals surface area contributed by atoms with Crippen LogP contribution in [0, 0.1) is 0 Å². The minimum absolute atomic E-state index is 0.231. The standard InChI is InChI=1S/C19H21F3N2O3/c1-5-26-18(25)12(2)27-15-8-6-7-13(9-15)16-10-14(19(20,21)22)11-23-17(16)24(3)4/h6-12H,5H2,1-4H3/t12-/m1/s1. The molecule has 27 heavy (non-hydrogen) atoms. The number of anilines is 1. The molecule has 1 aromatic carbocycles. The fourth-order valence-electron chi connectivity index (χ4n) is 2.43. The summed E-state index contributed by atoms with van der Waals surface area (Å²) in [6.07, 6.45) is -4.53. The second-order valence-electron chi connectivity index (χ2n) is 6.03. The second kappa shape index (κ2) is 8.28. The fourth-order valence-corrected chi connectivity index (χ4v) is 2.43. The molecule has 0 spiro atoms. The Hall–Kier alpha value is -2.77. The zero-order chi connectivity index (χ0) is 20.2. The van der Waals surface area contributed by atoms with Gasteiger partial charge in [0.05, 0.1) is 12.2 Å². The number of ether oxygens (including phenoxy) is 2. The highest BCUT2D eigenvalue weighted by molar-refractivity contribution is 5.77. The van der Waals surface area contributed by atoms with Gasteiger partial charge >= 0.3 is 12.1 Å². The quantitative estimate of drug-likeness (QED) is 0.702. The van der Waals surface area contributed by atoms with Gasteiger partial charge in [0.25, 0.3) is 0 Å². The molecule has 2 rings (SSSR count). The van der Waals surface area contributed by atoms with Gasteiger partial charge in [-0.2, -0.15) is 13.2 Å². The second-order valence-corrected chi connectivity index (χ2v) is 6.03. The number of benzene rings is 1. The number of hydrogen-bond acceptors (Lipinski definition) is 5. The lowest BCUT2D eigenvalue weighted by molar-refractivity contribution is -0.150. The summed E-state index contributed by atoms with van der Waals surface area (Å²) in [6, 6.07) is 7.54. The van der Waals surface area contributed by atoms with Gasteiger partial charge in [-0.15, -0.1) is 0 Å². The molecule has 2 aromatic rings. The molecule has 1 aromatic heterocycles. The predicted octanol–water partition coefficient (Wildman–Crippen LogP) is 4.16. The molecule has 8 heteroatoms. The van der Waals surface area contributed by atoms with Crippen molar-refractivity contribution in [2.45, 2.75) is 26.1 Å². The molecule has 0 saturated carbocycles. The summed E-state index contributed by atoms with van der Waals surface area (Å²) in [7, 11) is 3.39. The molecule has 0 aliphatic rings. The van der Waals surface area contributed by atoms with Crippen LogP contribution in [0.2, 0.25) is 0 Å². The topological polar surface area (TPSA) is 51.7 Å². The molecule has 0 N–H and O–H groups in total. The Balaban J connectivity index is 2.42. The van der Waals surface area contributed by atoms with E-state index < -0.39 is 23.8 Å². The van der Waals surface area contributed by atoms with E-state index in [1.807, 2.05) is 0 Å². The van der Waals surface area contributed by atoms with E-state index in [-0.39, 0.29) is 6.61 Å². The SMILES string of the molecule is CCOC(=O)[C@@H](C)Oc1cccc(-c2cc(C(F)(F)F)cnc2N(C)C)c1. The number of esters is 1. The minimum Gasteiger partial charge on any atom is -0.479 e. The van der Waals surface area contributed by atoms with Crippen LogP contribution < -0.4 is 9.64 Å². The first-order valence-electron chi connectivity index (χ1n) is 8.31. The van der Waals surface area contributed by atoms with Crippen molar-refractivity contribution in [2.24, 2.45) is 0 Å². The van der Waals surface area contributed by atoms with E-state index in [2.05, 4.69) is 4.98 Å². The van der Waals surface area contributed by atoms with E-state index in [1.54, 1.807) is 57.1 Å². The first-order chi connectivity index (χ1) is 12.6. The number of alkyl halides is 3. The highest BCUT2D eigenvalue weighted by Gasteiger charge is 2.32. The minimum atomic E-state index is -4.50. The van der Waals surface area contributed by atoms with Gasteiger partial charge < -0.3 is 14.4 Å². The van der Waals surface area contributed by atoms with Gasteiger partial charge in [-0.05, 0) is 37.6 Å². The summed E-state index contributed by atoms with van der Waals surface area (Å²) in [5.74, 6) is 0.214. The van der Waals surface area contributed by atoms with Crippen molar-refractivity contribution in [3.63, 3.8) is 0 Å². The largest absolute Gasteiger partial charge is 0.479 e. The van der Waals surface area contributed by atoms with Crippen LogP contribution in [0.1, 0.15) is 19.4 Å². The Labute approximate surface area is 155 Å². The molecule has 1 atom stereocenters. The Morgan fingerprint density at radius 1 is 1.26 bits per heavy atom. The van der Waals surface area contributed by atoms with E-state index >= 15 is 0 Å². The third kappa shape index (κ3) is 5.12. The number of aromatic nitrogens is 1. The molecular weight excluding hydrogens is 361 g/mol. The summed E-state index contributed by atoms with van der Waals surface area (Å²) in [5.41, 5.74) is -0.0377. The molecule has 1 heterocycles. The highest BCUT2D eigenvalue weighted by atomic mass is 19.4.